The van der Waals surface area contributed by atoms with Gasteiger partial charge in [0.15, 0.2) is 0 Å². The van der Waals surface area contributed by atoms with Crippen LogP contribution in [0.15, 0.2) is 36.4 Å². The molecule has 2 rings (SSSR count). The quantitative estimate of drug-likeness (QED) is 0.865. The van der Waals surface area contributed by atoms with E-state index in [0.717, 1.165) is 22.8 Å². The Balaban J connectivity index is 2.28. The number of nitrogens with zero attached hydrogens (tertiary/aromatic N) is 1. The molecule has 0 amide bonds. The van der Waals surface area contributed by atoms with Crippen LogP contribution in [0.5, 0.6) is 5.75 Å². The molecule has 0 aliphatic carbocycles. The third-order valence-electron chi connectivity index (χ3n) is 3.71. The highest BCUT2D eigenvalue weighted by Crippen LogP contribution is 2.32. The number of benzene rings is 2. The smallest absolute Gasteiger partial charge is 0.128 e. The Morgan fingerprint density at radius 1 is 1.25 bits per heavy atom. The van der Waals surface area contributed by atoms with Crippen molar-refractivity contribution < 1.29 is 5.11 Å². The van der Waals surface area contributed by atoms with E-state index in [0.29, 0.717) is 12.2 Å². The Kier molecular flexibility index (Phi) is 4.60. The topological polar surface area (TPSA) is 56.0 Å². The number of rotatable bonds is 5. The Hall–Kier alpha value is -2.05. The van der Waals surface area contributed by atoms with Gasteiger partial charge in [0.1, 0.15) is 5.75 Å². The number of nitriles is 1. The summed E-state index contributed by atoms with van der Waals surface area (Å²) in [6, 6.07) is 14.1. The molecule has 0 aliphatic rings. The highest BCUT2D eigenvalue weighted by Gasteiger charge is 2.16. The minimum Gasteiger partial charge on any atom is -0.507 e. The molecule has 2 N–H and O–H groups in total. The van der Waals surface area contributed by atoms with Crippen molar-refractivity contribution in [2.45, 2.75) is 38.8 Å². The Morgan fingerprint density at radius 2 is 2.00 bits per heavy atom. The maximum Gasteiger partial charge on any atom is 0.128 e. The van der Waals surface area contributed by atoms with Crippen LogP contribution in [0.2, 0.25) is 0 Å². The van der Waals surface area contributed by atoms with Gasteiger partial charge in [-0.2, -0.15) is 5.26 Å². The van der Waals surface area contributed by atoms with E-state index in [1.165, 1.54) is 0 Å². The normalized spacial score (nSPS) is 13.8. The van der Waals surface area contributed by atoms with Crippen LogP contribution in [0, 0.1) is 11.3 Å². The van der Waals surface area contributed by atoms with Crippen LogP contribution < -0.4 is 5.32 Å². The number of fused-ring (bicyclic) bond motifs is 1. The first-order chi connectivity index (χ1) is 9.67. The fourth-order valence-corrected chi connectivity index (χ4v) is 2.50. The van der Waals surface area contributed by atoms with Crippen LogP contribution in [0.25, 0.3) is 10.8 Å². The lowest BCUT2D eigenvalue weighted by Crippen LogP contribution is -2.30. The van der Waals surface area contributed by atoms with E-state index >= 15 is 0 Å². The number of hydrogen-bond acceptors (Lipinski definition) is 3. The highest BCUT2D eigenvalue weighted by atomic mass is 16.3. The fraction of sp³-hybridized carbons (Fsp3) is 0.353. The maximum atomic E-state index is 10.4. The summed E-state index contributed by atoms with van der Waals surface area (Å²) in [5.74, 6) is 0.329. The Morgan fingerprint density at radius 3 is 2.70 bits per heavy atom. The summed E-state index contributed by atoms with van der Waals surface area (Å²) < 4.78 is 0. The molecule has 0 saturated carbocycles. The summed E-state index contributed by atoms with van der Waals surface area (Å²) >= 11 is 0. The molecule has 0 fully saturated rings. The molecule has 20 heavy (non-hydrogen) atoms. The number of phenolic OH excluding ortho intramolecular Hbond substituents is 1. The number of aromatic hydroxyl groups is 1. The molecular formula is C17H20N2O. The van der Waals surface area contributed by atoms with Crippen LogP contribution in [0.4, 0.5) is 0 Å². The van der Waals surface area contributed by atoms with Crippen molar-refractivity contribution in [3.05, 3.63) is 42.0 Å². The summed E-state index contributed by atoms with van der Waals surface area (Å²) in [5, 5.41) is 24.5. The minimum atomic E-state index is 0.0120. The summed E-state index contributed by atoms with van der Waals surface area (Å²) in [5.41, 5.74) is 0.875. The lowest BCUT2D eigenvalue weighted by Gasteiger charge is -2.22. The number of phenols is 1. The minimum absolute atomic E-state index is 0.0120. The molecule has 0 bridgehead atoms. The van der Waals surface area contributed by atoms with Gasteiger partial charge in [0.05, 0.1) is 12.5 Å². The van der Waals surface area contributed by atoms with Gasteiger partial charge in [0, 0.05) is 23.0 Å². The molecule has 2 aromatic carbocycles. The van der Waals surface area contributed by atoms with Crippen LogP contribution in [0.3, 0.4) is 0 Å². The number of nitrogens with one attached hydrogen (secondary N) is 1. The molecule has 0 aromatic heterocycles. The second kappa shape index (κ2) is 6.40. The first kappa shape index (κ1) is 14.4. The number of hydrogen-bond donors (Lipinski definition) is 2. The van der Waals surface area contributed by atoms with Gasteiger partial charge >= 0.3 is 0 Å². The van der Waals surface area contributed by atoms with Crippen molar-refractivity contribution in [2.24, 2.45) is 0 Å². The largest absolute Gasteiger partial charge is 0.507 e. The van der Waals surface area contributed by atoms with E-state index in [9.17, 15) is 5.11 Å². The van der Waals surface area contributed by atoms with Gasteiger partial charge in [-0.05, 0) is 18.7 Å². The first-order valence-corrected chi connectivity index (χ1v) is 7.01. The molecule has 2 unspecified atom stereocenters. The lowest BCUT2D eigenvalue weighted by atomic mass is 10.00. The first-order valence-electron chi connectivity index (χ1n) is 7.01. The van der Waals surface area contributed by atoms with Gasteiger partial charge in [0.2, 0.25) is 0 Å². The van der Waals surface area contributed by atoms with Crippen molar-refractivity contribution in [2.75, 3.05) is 0 Å². The van der Waals surface area contributed by atoms with Gasteiger partial charge < -0.3 is 10.4 Å². The Labute approximate surface area is 119 Å². The van der Waals surface area contributed by atoms with E-state index < -0.39 is 0 Å². The summed E-state index contributed by atoms with van der Waals surface area (Å²) in [6.45, 7) is 4.08. The molecule has 0 radical (unpaired) electrons. The molecule has 104 valence electrons. The molecule has 0 heterocycles. The van der Waals surface area contributed by atoms with E-state index in [1.54, 1.807) is 0 Å². The Bertz CT molecular complexity index is 630. The average molecular weight is 268 g/mol. The zero-order valence-electron chi connectivity index (χ0n) is 11.9. The van der Waals surface area contributed by atoms with Gasteiger partial charge in [0.25, 0.3) is 0 Å². The average Bonchev–Trinajstić information content (AvgIpc) is 2.47. The van der Waals surface area contributed by atoms with E-state index in [-0.39, 0.29) is 12.1 Å². The molecular weight excluding hydrogens is 248 g/mol. The molecule has 3 nitrogen and oxygen atoms in total. The van der Waals surface area contributed by atoms with Crippen LogP contribution in [-0.2, 0) is 0 Å². The second-order valence-corrected chi connectivity index (χ2v) is 5.08. The zero-order chi connectivity index (χ0) is 14.5. The third kappa shape index (κ3) is 2.92. The summed E-state index contributed by atoms with van der Waals surface area (Å²) in [4.78, 5) is 0. The predicted molar refractivity (Wildman–Crippen MR) is 81.5 cm³/mol. The lowest BCUT2D eigenvalue weighted by molar-refractivity contribution is 0.423. The van der Waals surface area contributed by atoms with Crippen molar-refractivity contribution in [1.82, 2.24) is 5.32 Å². The van der Waals surface area contributed by atoms with Crippen molar-refractivity contribution in [3.8, 4) is 11.8 Å². The van der Waals surface area contributed by atoms with Crippen LogP contribution in [0.1, 0.15) is 38.3 Å². The summed E-state index contributed by atoms with van der Waals surface area (Å²) in [6.07, 6.45) is 1.38. The van der Waals surface area contributed by atoms with Gasteiger partial charge in [-0.15, -0.1) is 0 Å². The van der Waals surface area contributed by atoms with Crippen LogP contribution >= 0.6 is 0 Å². The van der Waals surface area contributed by atoms with Crippen molar-refractivity contribution in [3.63, 3.8) is 0 Å². The van der Waals surface area contributed by atoms with Gasteiger partial charge in [-0.25, -0.2) is 0 Å². The monoisotopic (exact) mass is 268 g/mol. The highest BCUT2D eigenvalue weighted by molar-refractivity contribution is 5.89. The van der Waals surface area contributed by atoms with Gasteiger partial charge in [-0.1, -0.05) is 43.3 Å². The predicted octanol–water partition coefficient (Wildman–Crippen LogP) is 3.89. The summed E-state index contributed by atoms with van der Waals surface area (Å²) in [7, 11) is 0. The maximum absolute atomic E-state index is 10.4. The molecule has 2 atom stereocenters. The van der Waals surface area contributed by atoms with E-state index in [2.05, 4.69) is 18.3 Å². The standard InChI is InChI=1S/C17H20N2O/c1-3-14(10-11-18)19-12(2)15-9-8-13-6-4-5-7-16(13)17(15)20/h4-9,12,14,19-20H,3,10H2,1-2H3. The van der Waals surface area contributed by atoms with E-state index in [4.69, 9.17) is 5.26 Å². The van der Waals surface area contributed by atoms with Crippen molar-refractivity contribution in [1.29, 1.82) is 5.26 Å². The molecule has 3 heteroatoms. The van der Waals surface area contributed by atoms with Crippen LogP contribution in [-0.4, -0.2) is 11.1 Å². The fourth-order valence-electron chi connectivity index (χ4n) is 2.50. The van der Waals surface area contributed by atoms with Crippen molar-refractivity contribution >= 4 is 10.8 Å². The molecule has 0 saturated heterocycles. The SMILES string of the molecule is CCC(CC#N)NC(C)c1ccc2ccccc2c1O. The molecule has 0 aliphatic heterocycles. The van der Waals surface area contributed by atoms with Gasteiger partial charge in [-0.3, -0.25) is 0 Å². The second-order valence-electron chi connectivity index (χ2n) is 5.08. The molecule has 2 aromatic rings. The zero-order valence-corrected chi connectivity index (χ0v) is 11.9. The third-order valence-corrected chi connectivity index (χ3v) is 3.71. The van der Waals surface area contributed by atoms with E-state index in [1.807, 2.05) is 43.3 Å². The molecule has 0 spiro atoms.